The molecule has 2 aliphatic heterocycles. The highest BCUT2D eigenvalue weighted by Gasteiger charge is 2.56. The molecule has 0 N–H and O–H groups in total. The van der Waals surface area contributed by atoms with Crippen LogP contribution in [0.3, 0.4) is 0 Å². The van der Waals surface area contributed by atoms with Gasteiger partial charge in [0, 0.05) is 26.2 Å². The molecule has 26 heavy (non-hydrogen) atoms. The molecular formula is C21H29N3O2. The maximum atomic E-state index is 6.00. The predicted octanol–water partition coefficient (Wildman–Crippen LogP) is 3.40. The summed E-state index contributed by atoms with van der Waals surface area (Å²) in [6, 6.07) is 8.15. The number of fused-ring (bicyclic) bond motifs is 2. The molecule has 1 saturated carbocycles. The Balaban J connectivity index is 1.03. The molecule has 3 atom stereocenters. The second-order valence-corrected chi connectivity index (χ2v) is 8.23. The number of piperidine rings is 2. The highest BCUT2D eigenvalue weighted by atomic mass is 16.5. The van der Waals surface area contributed by atoms with Crippen LogP contribution in [-0.2, 0) is 4.74 Å². The zero-order valence-corrected chi connectivity index (χ0v) is 15.5. The zero-order chi connectivity index (χ0) is 17.3. The first-order valence-corrected chi connectivity index (χ1v) is 10.3. The molecule has 1 aromatic heterocycles. The number of likely N-dealkylation sites (tertiary alicyclic amines) is 1. The first kappa shape index (κ1) is 16.6. The number of ether oxygens (including phenoxy) is 1. The van der Waals surface area contributed by atoms with Crippen molar-refractivity contribution in [1.29, 1.82) is 0 Å². The average molecular weight is 355 g/mol. The van der Waals surface area contributed by atoms with Crippen molar-refractivity contribution in [2.45, 2.75) is 25.7 Å². The lowest BCUT2D eigenvalue weighted by Gasteiger charge is -2.26. The van der Waals surface area contributed by atoms with E-state index in [4.69, 9.17) is 9.26 Å². The molecule has 0 bridgehead atoms. The van der Waals surface area contributed by atoms with E-state index >= 15 is 0 Å². The van der Waals surface area contributed by atoms with Gasteiger partial charge in [-0.25, -0.2) is 0 Å². The molecule has 0 amide bonds. The molecule has 2 aromatic rings. The second kappa shape index (κ2) is 7.20. The molecule has 0 radical (unpaired) electrons. The van der Waals surface area contributed by atoms with E-state index in [1.807, 2.05) is 12.1 Å². The highest BCUT2D eigenvalue weighted by molar-refractivity contribution is 5.88. The Bertz CT molecular complexity index is 728. The van der Waals surface area contributed by atoms with E-state index in [0.717, 1.165) is 60.8 Å². The Morgan fingerprint density at radius 2 is 1.88 bits per heavy atom. The van der Waals surface area contributed by atoms with Crippen LogP contribution >= 0.6 is 0 Å². The van der Waals surface area contributed by atoms with Crippen molar-refractivity contribution < 1.29 is 9.26 Å². The zero-order valence-electron chi connectivity index (χ0n) is 15.5. The average Bonchev–Trinajstić information content (AvgIpc) is 3.05. The summed E-state index contributed by atoms with van der Waals surface area (Å²) in [4.78, 5) is 4.99. The molecule has 140 valence electrons. The topological polar surface area (TPSA) is 41.7 Å². The third-order valence-corrected chi connectivity index (χ3v) is 6.55. The van der Waals surface area contributed by atoms with Crippen molar-refractivity contribution in [1.82, 2.24) is 10.1 Å². The minimum atomic E-state index is 0.763. The van der Waals surface area contributed by atoms with Crippen molar-refractivity contribution in [3.63, 3.8) is 0 Å². The SMILES string of the molecule is c1ccc2c(N3C[C@@H]4[C@@H](COCCCN5CCCCC5)[C@@H]4C3)noc2c1. The summed E-state index contributed by atoms with van der Waals surface area (Å²) in [6.07, 6.45) is 5.35. The van der Waals surface area contributed by atoms with Crippen LogP contribution in [0.5, 0.6) is 0 Å². The molecule has 3 aliphatic rings. The van der Waals surface area contributed by atoms with Gasteiger partial charge >= 0.3 is 0 Å². The lowest BCUT2D eigenvalue weighted by atomic mass is 10.1. The quantitative estimate of drug-likeness (QED) is 0.712. The number of aromatic nitrogens is 1. The van der Waals surface area contributed by atoms with Crippen molar-refractivity contribution in [3.05, 3.63) is 24.3 Å². The maximum absolute atomic E-state index is 6.00. The summed E-state index contributed by atoms with van der Waals surface area (Å²) in [7, 11) is 0. The molecule has 0 spiro atoms. The van der Waals surface area contributed by atoms with Crippen molar-refractivity contribution in [2.24, 2.45) is 17.8 Å². The lowest BCUT2D eigenvalue weighted by Crippen LogP contribution is -2.31. The number of hydrogen-bond acceptors (Lipinski definition) is 5. The Morgan fingerprint density at radius 3 is 2.73 bits per heavy atom. The third kappa shape index (κ3) is 3.23. The van der Waals surface area contributed by atoms with E-state index in [-0.39, 0.29) is 0 Å². The lowest BCUT2D eigenvalue weighted by molar-refractivity contribution is 0.103. The monoisotopic (exact) mass is 355 g/mol. The fourth-order valence-corrected chi connectivity index (χ4v) is 4.96. The normalized spacial score (nSPS) is 28.6. The van der Waals surface area contributed by atoms with Gasteiger partial charge in [-0.05, 0) is 62.2 Å². The molecule has 1 aliphatic carbocycles. The summed E-state index contributed by atoms with van der Waals surface area (Å²) < 4.78 is 11.5. The fraction of sp³-hybridized carbons (Fsp3) is 0.667. The van der Waals surface area contributed by atoms with E-state index < -0.39 is 0 Å². The summed E-state index contributed by atoms with van der Waals surface area (Å²) in [5, 5.41) is 5.44. The number of hydrogen-bond donors (Lipinski definition) is 0. The molecule has 5 nitrogen and oxygen atoms in total. The smallest absolute Gasteiger partial charge is 0.179 e. The van der Waals surface area contributed by atoms with Crippen LogP contribution in [-0.4, -0.2) is 56.0 Å². The summed E-state index contributed by atoms with van der Waals surface area (Å²) in [6.45, 7) is 7.86. The second-order valence-electron chi connectivity index (χ2n) is 8.23. The number of nitrogens with zero attached hydrogens (tertiary/aromatic N) is 3. The minimum absolute atomic E-state index is 0.763. The Morgan fingerprint density at radius 1 is 1.08 bits per heavy atom. The van der Waals surface area contributed by atoms with Gasteiger partial charge in [0.15, 0.2) is 11.4 Å². The van der Waals surface area contributed by atoms with E-state index in [2.05, 4.69) is 27.1 Å². The highest BCUT2D eigenvalue weighted by Crippen LogP contribution is 2.53. The molecule has 3 fully saturated rings. The van der Waals surface area contributed by atoms with Crippen LogP contribution in [0.25, 0.3) is 11.0 Å². The number of anilines is 1. The van der Waals surface area contributed by atoms with Crippen LogP contribution in [0, 0.1) is 17.8 Å². The van der Waals surface area contributed by atoms with E-state index in [9.17, 15) is 0 Å². The largest absolute Gasteiger partial charge is 0.381 e. The Kier molecular flexibility index (Phi) is 4.59. The van der Waals surface area contributed by atoms with Crippen molar-refractivity contribution in [3.8, 4) is 0 Å². The first-order valence-electron chi connectivity index (χ1n) is 10.3. The number of rotatable bonds is 7. The molecular weight excluding hydrogens is 326 g/mol. The number of para-hydroxylation sites is 1. The van der Waals surface area contributed by atoms with Crippen LogP contribution < -0.4 is 4.90 Å². The first-order chi connectivity index (χ1) is 12.9. The molecule has 1 aromatic carbocycles. The number of benzene rings is 1. The van der Waals surface area contributed by atoms with Crippen LogP contribution in [0.15, 0.2) is 28.8 Å². The summed E-state index contributed by atoms with van der Waals surface area (Å²) in [5.41, 5.74) is 0.886. The minimum Gasteiger partial charge on any atom is -0.381 e. The molecule has 0 unspecified atom stereocenters. The van der Waals surface area contributed by atoms with Gasteiger partial charge in [-0.2, -0.15) is 0 Å². The van der Waals surface area contributed by atoms with Crippen molar-refractivity contribution >= 4 is 16.8 Å². The maximum Gasteiger partial charge on any atom is 0.179 e. The third-order valence-electron chi connectivity index (χ3n) is 6.55. The van der Waals surface area contributed by atoms with Crippen LogP contribution in [0.1, 0.15) is 25.7 Å². The standard InChI is InChI=1S/C21H29N3O2/c1-4-9-23(10-5-1)11-6-12-25-15-19-17-13-24(14-18(17)19)21-16-7-2-3-8-20(16)26-22-21/h2-3,7-8,17-19H,1,4-6,9-15H2/t17-,18+,19+. The fourth-order valence-electron chi connectivity index (χ4n) is 4.96. The van der Waals surface area contributed by atoms with Crippen LogP contribution in [0.2, 0.25) is 0 Å². The summed E-state index contributed by atoms with van der Waals surface area (Å²) in [5.74, 6) is 3.36. The Hall–Kier alpha value is -1.59. The summed E-state index contributed by atoms with van der Waals surface area (Å²) >= 11 is 0. The van der Waals surface area contributed by atoms with Gasteiger partial charge < -0.3 is 19.1 Å². The van der Waals surface area contributed by atoms with Gasteiger partial charge in [-0.15, -0.1) is 0 Å². The van der Waals surface area contributed by atoms with E-state index in [1.165, 1.54) is 45.3 Å². The van der Waals surface area contributed by atoms with Gasteiger partial charge in [0.2, 0.25) is 0 Å². The Labute approximate surface area is 155 Å². The van der Waals surface area contributed by atoms with Gasteiger partial charge in [0.25, 0.3) is 0 Å². The van der Waals surface area contributed by atoms with Gasteiger partial charge in [-0.1, -0.05) is 23.7 Å². The molecule has 5 rings (SSSR count). The van der Waals surface area contributed by atoms with Gasteiger partial charge in [-0.3, -0.25) is 0 Å². The predicted molar refractivity (Wildman–Crippen MR) is 102 cm³/mol. The van der Waals surface area contributed by atoms with Gasteiger partial charge in [0.05, 0.1) is 12.0 Å². The van der Waals surface area contributed by atoms with Crippen LogP contribution in [0.4, 0.5) is 5.82 Å². The molecule has 3 heterocycles. The molecule has 5 heteroatoms. The molecule has 2 saturated heterocycles. The van der Waals surface area contributed by atoms with Crippen molar-refractivity contribution in [2.75, 3.05) is 50.8 Å². The van der Waals surface area contributed by atoms with Gasteiger partial charge in [0.1, 0.15) is 0 Å². The van der Waals surface area contributed by atoms with E-state index in [1.54, 1.807) is 0 Å². The van der Waals surface area contributed by atoms with E-state index in [0.29, 0.717) is 0 Å².